The third kappa shape index (κ3) is 2.96. The second-order valence-electron chi connectivity index (χ2n) is 4.95. The van der Waals surface area contributed by atoms with Crippen LogP contribution in [-0.4, -0.2) is 25.7 Å². The highest BCUT2D eigenvalue weighted by molar-refractivity contribution is 5.75. The van der Waals surface area contributed by atoms with Crippen molar-refractivity contribution in [2.75, 3.05) is 5.43 Å². The number of aryl methyl sites for hydroxylation is 2. The van der Waals surface area contributed by atoms with Gasteiger partial charge in [-0.3, -0.25) is 9.59 Å². The predicted octanol–water partition coefficient (Wildman–Crippen LogP) is 1.12. The molecule has 3 N–H and O–H groups in total. The highest BCUT2D eigenvalue weighted by Crippen LogP contribution is 2.15. The molecule has 0 amide bonds. The van der Waals surface area contributed by atoms with Crippen LogP contribution >= 0.6 is 0 Å². The number of aromatic nitrogens is 3. The van der Waals surface area contributed by atoms with Crippen LogP contribution in [-0.2, 0) is 11.3 Å². The monoisotopic (exact) mass is 290 g/mol. The molecule has 0 saturated heterocycles. The molecule has 0 aliphatic carbocycles. The minimum absolute atomic E-state index is 0.291. The van der Waals surface area contributed by atoms with Crippen LogP contribution in [0.3, 0.4) is 0 Å². The molecule has 21 heavy (non-hydrogen) atoms. The molecule has 0 fully saturated rings. The first kappa shape index (κ1) is 14.8. The number of pyridine rings is 1. The predicted molar refractivity (Wildman–Crippen MR) is 77.9 cm³/mol. The van der Waals surface area contributed by atoms with Gasteiger partial charge in [-0.05, 0) is 32.4 Å². The smallest absolute Gasteiger partial charge is 0.310 e. The first-order chi connectivity index (χ1) is 9.91. The minimum Gasteiger partial charge on any atom is -0.481 e. The molecular formula is C14H18N4O3. The lowest BCUT2D eigenvalue weighted by Crippen LogP contribution is -2.33. The van der Waals surface area contributed by atoms with E-state index in [-0.39, 0.29) is 5.56 Å². The van der Waals surface area contributed by atoms with E-state index in [4.69, 9.17) is 5.11 Å². The molecule has 2 aromatic heterocycles. The van der Waals surface area contributed by atoms with Crippen molar-refractivity contribution in [2.45, 2.75) is 33.2 Å². The van der Waals surface area contributed by atoms with E-state index in [2.05, 4.69) is 15.4 Å². The number of nitrogens with one attached hydrogen (secondary N) is 2. The van der Waals surface area contributed by atoms with Crippen molar-refractivity contribution in [1.29, 1.82) is 0 Å². The van der Waals surface area contributed by atoms with Gasteiger partial charge >= 0.3 is 5.97 Å². The molecule has 112 valence electrons. The lowest BCUT2D eigenvalue weighted by atomic mass is 9.99. The number of nitrogens with zero attached hydrogens (tertiary/aromatic N) is 2. The van der Waals surface area contributed by atoms with Crippen LogP contribution in [0.25, 0.3) is 0 Å². The maximum Gasteiger partial charge on any atom is 0.310 e. The highest BCUT2D eigenvalue weighted by Gasteiger charge is 2.20. The van der Waals surface area contributed by atoms with Crippen LogP contribution in [0.1, 0.15) is 35.4 Å². The van der Waals surface area contributed by atoms with E-state index in [1.807, 2.05) is 6.92 Å². The Morgan fingerprint density at radius 2 is 2.24 bits per heavy atom. The van der Waals surface area contributed by atoms with Crippen molar-refractivity contribution in [2.24, 2.45) is 0 Å². The zero-order chi connectivity index (χ0) is 15.6. The van der Waals surface area contributed by atoms with Crippen LogP contribution in [0.4, 0.5) is 0 Å². The van der Waals surface area contributed by atoms with Crippen LogP contribution in [0.15, 0.2) is 23.4 Å². The standard InChI is InChI=1S/C14H18N4O3/c1-8-4-5-18(13(19)12(8)9(2)14(20)21)17-6-11-10(3)15-7-16-11/h4-5,7,9,17H,6H2,1-3H3,(H,15,16)(H,20,21). The molecule has 0 radical (unpaired) electrons. The van der Waals surface area contributed by atoms with Gasteiger partial charge in [0.1, 0.15) is 0 Å². The second kappa shape index (κ2) is 5.82. The summed E-state index contributed by atoms with van der Waals surface area (Å²) in [5.41, 5.74) is 5.29. The molecular weight excluding hydrogens is 272 g/mol. The lowest BCUT2D eigenvalue weighted by Gasteiger charge is -2.14. The number of aromatic amines is 1. The van der Waals surface area contributed by atoms with Gasteiger partial charge in [0.15, 0.2) is 0 Å². The van der Waals surface area contributed by atoms with Crippen LogP contribution < -0.4 is 11.0 Å². The topological polar surface area (TPSA) is 100 Å². The molecule has 0 aliphatic rings. The van der Waals surface area contributed by atoms with Gasteiger partial charge in [-0.15, -0.1) is 0 Å². The molecule has 2 heterocycles. The third-order valence-corrected chi connectivity index (χ3v) is 3.51. The van der Waals surface area contributed by atoms with E-state index in [0.717, 1.165) is 11.4 Å². The van der Waals surface area contributed by atoms with Gasteiger partial charge in [0, 0.05) is 11.8 Å². The lowest BCUT2D eigenvalue weighted by molar-refractivity contribution is -0.138. The molecule has 0 bridgehead atoms. The number of H-pyrrole nitrogens is 1. The Kier molecular flexibility index (Phi) is 4.11. The van der Waals surface area contributed by atoms with Gasteiger partial charge < -0.3 is 15.5 Å². The van der Waals surface area contributed by atoms with E-state index < -0.39 is 11.9 Å². The number of carboxylic acids is 1. The van der Waals surface area contributed by atoms with Crippen molar-refractivity contribution < 1.29 is 9.90 Å². The van der Waals surface area contributed by atoms with Crippen molar-refractivity contribution >= 4 is 5.97 Å². The Bertz CT molecular complexity index is 717. The van der Waals surface area contributed by atoms with Gasteiger partial charge in [-0.1, -0.05) is 0 Å². The van der Waals surface area contributed by atoms with E-state index in [1.165, 1.54) is 11.6 Å². The number of hydrogen-bond acceptors (Lipinski definition) is 4. The molecule has 1 atom stereocenters. The summed E-state index contributed by atoms with van der Waals surface area (Å²) >= 11 is 0. The Morgan fingerprint density at radius 1 is 1.52 bits per heavy atom. The van der Waals surface area contributed by atoms with E-state index in [0.29, 0.717) is 17.7 Å². The summed E-state index contributed by atoms with van der Waals surface area (Å²) in [6.45, 7) is 5.51. The maximum absolute atomic E-state index is 12.4. The highest BCUT2D eigenvalue weighted by atomic mass is 16.4. The molecule has 7 nitrogen and oxygen atoms in total. The quantitative estimate of drug-likeness (QED) is 0.766. The Labute approximate surface area is 121 Å². The largest absolute Gasteiger partial charge is 0.481 e. The first-order valence-electron chi connectivity index (χ1n) is 6.59. The molecule has 7 heteroatoms. The van der Waals surface area contributed by atoms with Gasteiger partial charge in [-0.2, -0.15) is 0 Å². The van der Waals surface area contributed by atoms with E-state index in [1.54, 1.807) is 25.5 Å². The van der Waals surface area contributed by atoms with Gasteiger partial charge in [0.2, 0.25) is 0 Å². The summed E-state index contributed by atoms with van der Waals surface area (Å²) in [6, 6.07) is 1.73. The molecule has 0 aliphatic heterocycles. The average Bonchev–Trinajstić information content (AvgIpc) is 2.83. The summed E-state index contributed by atoms with van der Waals surface area (Å²) in [6.07, 6.45) is 3.18. The van der Waals surface area contributed by atoms with Gasteiger partial charge in [0.25, 0.3) is 5.56 Å². The molecule has 0 spiro atoms. The second-order valence-corrected chi connectivity index (χ2v) is 4.95. The fourth-order valence-corrected chi connectivity index (χ4v) is 2.15. The number of carboxylic acid groups (broad SMARTS) is 1. The Hall–Kier alpha value is -2.57. The average molecular weight is 290 g/mol. The number of rotatable bonds is 5. The molecule has 1 unspecified atom stereocenters. The molecule has 0 saturated carbocycles. The maximum atomic E-state index is 12.4. The van der Waals surface area contributed by atoms with Crippen molar-refractivity contribution in [1.82, 2.24) is 14.6 Å². The number of aliphatic carboxylic acids is 1. The van der Waals surface area contributed by atoms with Crippen LogP contribution in [0.2, 0.25) is 0 Å². The number of hydrogen-bond donors (Lipinski definition) is 3. The zero-order valence-corrected chi connectivity index (χ0v) is 12.2. The number of imidazole rings is 1. The fourth-order valence-electron chi connectivity index (χ4n) is 2.15. The summed E-state index contributed by atoms with van der Waals surface area (Å²) < 4.78 is 1.31. The normalized spacial score (nSPS) is 12.1. The Morgan fingerprint density at radius 3 is 2.81 bits per heavy atom. The van der Waals surface area contributed by atoms with Crippen LogP contribution in [0, 0.1) is 13.8 Å². The van der Waals surface area contributed by atoms with Crippen LogP contribution in [0.5, 0.6) is 0 Å². The van der Waals surface area contributed by atoms with E-state index in [9.17, 15) is 9.59 Å². The molecule has 2 rings (SSSR count). The van der Waals surface area contributed by atoms with E-state index >= 15 is 0 Å². The van der Waals surface area contributed by atoms with Gasteiger partial charge in [0.05, 0.1) is 30.2 Å². The molecule has 0 aromatic carbocycles. The minimum atomic E-state index is -1.02. The van der Waals surface area contributed by atoms with Gasteiger partial charge in [-0.25, -0.2) is 9.66 Å². The fraction of sp³-hybridized carbons (Fsp3) is 0.357. The van der Waals surface area contributed by atoms with Crippen molar-refractivity contribution in [3.05, 3.63) is 51.5 Å². The van der Waals surface area contributed by atoms with Crippen molar-refractivity contribution in [3.63, 3.8) is 0 Å². The summed E-state index contributed by atoms with van der Waals surface area (Å²) in [5, 5.41) is 9.11. The number of carbonyl (C=O) groups is 1. The summed E-state index contributed by atoms with van der Waals surface area (Å²) in [5.74, 6) is -1.86. The summed E-state index contributed by atoms with van der Waals surface area (Å²) in [4.78, 5) is 30.6. The van der Waals surface area contributed by atoms with Crippen molar-refractivity contribution in [3.8, 4) is 0 Å². The Balaban J connectivity index is 2.29. The first-order valence-corrected chi connectivity index (χ1v) is 6.59. The SMILES string of the molecule is Cc1ccn(NCc2[nH]cnc2C)c(=O)c1C(C)C(=O)O. The zero-order valence-electron chi connectivity index (χ0n) is 12.2. The summed E-state index contributed by atoms with van der Waals surface area (Å²) in [7, 11) is 0. The third-order valence-electron chi connectivity index (χ3n) is 3.51. The molecule has 2 aromatic rings.